The van der Waals surface area contributed by atoms with Crippen molar-refractivity contribution in [3.63, 3.8) is 0 Å². The molecule has 1 aliphatic heterocycles. The van der Waals surface area contributed by atoms with Crippen molar-refractivity contribution in [3.8, 4) is 0 Å². The lowest BCUT2D eigenvalue weighted by Crippen LogP contribution is -2.21. The monoisotopic (exact) mass is 379 g/mol. The smallest absolute Gasteiger partial charge is 0.336 e. The Morgan fingerprint density at radius 2 is 1.96 bits per heavy atom. The summed E-state index contributed by atoms with van der Waals surface area (Å²) in [7, 11) is -3.95. The van der Waals surface area contributed by atoms with E-state index in [0.717, 1.165) is 12.8 Å². The second-order valence-electron chi connectivity index (χ2n) is 6.32. The summed E-state index contributed by atoms with van der Waals surface area (Å²) in [4.78, 5) is 11.3. The number of hydrogen-bond acceptors (Lipinski definition) is 5. The number of rotatable bonds is 5. The molecule has 9 heteroatoms. The molecule has 1 fully saturated rings. The molecule has 0 spiro atoms. The number of anilines is 1. The van der Waals surface area contributed by atoms with Gasteiger partial charge in [0.05, 0.1) is 16.5 Å². The van der Waals surface area contributed by atoms with Crippen molar-refractivity contribution in [3.05, 3.63) is 41.1 Å². The number of nitrogens with zero attached hydrogens (tertiary/aromatic N) is 2. The quantitative estimate of drug-likeness (QED) is 0.825. The number of carbonyl (C=O) groups is 1. The molecule has 1 saturated heterocycles. The van der Waals surface area contributed by atoms with Crippen LogP contribution in [0.5, 0.6) is 0 Å². The van der Waals surface area contributed by atoms with Gasteiger partial charge in [-0.05, 0) is 43.9 Å². The zero-order valence-corrected chi connectivity index (χ0v) is 15.4. The Morgan fingerprint density at radius 1 is 1.27 bits per heavy atom. The van der Waals surface area contributed by atoms with Crippen LogP contribution < -0.4 is 4.72 Å². The minimum atomic E-state index is -3.95. The Hall–Kier alpha value is -2.39. The molecule has 1 aromatic carbocycles. The summed E-state index contributed by atoms with van der Waals surface area (Å²) < 4.78 is 34.9. The Balaban J connectivity index is 1.87. The summed E-state index contributed by atoms with van der Waals surface area (Å²) in [6, 6.07) is 4.68. The highest BCUT2D eigenvalue weighted by Gasteiger charge is 2.24. The average Bonchev–Trinajstić information content (AvgIpc) is 3.02. The van der Waals surface area contributed by atoms with Gasteiger partial charge in [-0.15, -0.1) is 0 Å². The van der Waals surface area contributed by atoms with E-state index in [2.05, 4.69) is 9.82 Å². The van der Waals surface area contributed by atoms with Crippen LogP contribution in [-0.2, 0) is 14.8 Å². The van der Waals surface area contributed by atoms with Crippen molar-refractivity contribution in [2.75, 3.05) is 17.9 Å². The van der Waals surface area contributed by atoms with Gasteiger partial charge in [-0.1, -0.05) is 6.07 Å². The molecule has 0 bridgehead atoms. The predicted octanol–water partition coefficient (Wildman–Crippen LogP) is 2.35. The molecule has 140 valence electrons. The van der Waals surface area contributed by atoms with Gasteiger partial charge < -0.3 is 9.84 Å². The van der Waals surface area contributed by atoms with Gasteiger partial charge in [0.15, 0.2) is 5.82 Å². The van der Waals surface area contributed by atoms with Gasteiger partial charge in [0.25, 0.3) is 10.0 Å². The van der Waals surface area contributed by atoms with Crippen molar-refractivity contribution >= 4 is 21.8 Å². The van der Waals surface area contributed by atoms with Gasteiger partial charge in [-0.2, -0.15) is 5.10 Å². The van der Waals surface area contributed by atoms with Crippen LogP contribution in [-0.4, -0.2) is 42.5 Å². The molecule has 2 heterocycles. The maximum Gasteiger partial charge on any atom is 0.336 e. The van der Waals surface area contributed by atoms with E-state index in [1.165, 1.54) is 19.1 Å². The summed E-state index contributed by atoms with van der Waals surface area (Å²) in [5, 5.41) is 13.6. The van der Waals surface area contributed by atoms with Crippen molar-refractivity contribution in [1.82, 2.24) is 9.78 Å². The van der Waals surface area contributed by atoms with Crippen LogP contribution in [0.4, 0.5) is 5.82 Å². The molecule has 1 aliphatic rings. The minimum Gasteiger partial charge on any atom is -0.478 e. The number of benzene rings is 1. The third kappa shape index (κ3) is 3.58. The van der Waals surface area contributed by atoms with Crippen LogP contribution >= 0.6 is 0 Å². The Morgan fingerprint density at radius 3 is 2.62 bits per heavy atom. The largest absolute Gasteiger partial charge is 0.478 e. The maximum absolute atomic E-state index is 12.7. The Bertz CT molecular complexity index is 930. The van der Waals surface area contributed by atoms with Gasteiger partial charge in [0.2, 0.25) is 0 Å². The van der Waals surface area contributed by atoms with Crippen molar-refractivity contribution in [1.29, 1.82) is 0 Å². The number of ether oxygens (including phenoxy) is 1. The molecule has 0 saturated carbocycles. The molecule has 26 heavy (non-hydrogen) atoms. The highest BCUT2D eigenvalue weighted by molar-refractivity contribution is 7.92. The molecule has 2 aromatic rings. The standard InChI is InChI=1S/C17H21N3O5S/c1-11-3-4-14(12(2)16(11)17(21)22)26(23,24)19-15-5-8-20(18-15)13-6-9-25-10-7-13/h3-5,8,13H,6-7,9-10H2,1-2H3,(H,18,19)(H,21,22). The third-order valence-electron chi connectivity index (χ3n) is 4.54. The molecule has 3 rings (SSSR count). The zero-order valence-electron chi connectivity index (χ0n) is 14.6. The van der Waals surface area contributed by atoms with Crippen molar-refractivity contribution in [2.24, 2.45) is 0 Å². The number of sulfonamides is 1. The molecule has 0 amide bonds. The highest BCUT2D eigenvalue weighted by Crippen LogP contribution is 2.25. The lowest BCUT2D eigenvalue weighted by molar-refractivity contribution is 0.0663. The molecule has 0 radical (unpaired) electrons. The van der Waals surface area contributed by atoms with Gasteiger partial charge >= 0.3 is 5.97 Å². The number of carboxylic acid groups (broad SMARTS) is 1. The van der Waals surface area contributed by atoms with E-state index < -0.39 is 16.0 Å². The fraction of sp³-hybridized carbons (Fsp3) is 0.412. The number of aromatic nitrogens is 2. The number of carboxylic acids is 1. The number of nitrogens with one attached hydrogen (secondary N) is 1. The number of aryl methyl sites for hydroxylation is 1. The van der Waals surface area contributed by atoms with Gasteiger partial charge in [-0.3, -0.25) is 9.40 Å². The molecule has 0 aliphatic carbocycles. The van der Waals surface area contributed by atoms with Crippen molar-refractivity contribution < 1.29 is 23.1 Å². The molecule has 8 nitrogen and oxygen atoms in total. The normalized spacial score (nSPS) is 15.8. The van der Waals surface area contributed by atoms with E-state index in [-0.39, 0.29) is 27.9 Å². The van der Waals surface area contributed by atoms with E-state index in [9.17, 15) is 18.3 Å². The fourth-order valence-electron chi connectivity index (χ4n) is 3.19. The maximum atomic E-state index is 12.7. The minimum absolute atomic E-state index is 0.000565. The van der Waals surface area contributed by atoms with Gasteiger partial charge in [0, 0.05) is 25.5 Å². The van der Waals surface area contributed by atoms with E-state index in [1.807, 2.05) is 0 Å². The zero-order chi connectivity index (χ0) is 18.9. The average molecular weight is 379 g/mol. The fourth-order valence-corrected chi connectivity index (χ4v) is 4.43. The summed E-state index contributed by atoms with van der Waals surface area (Å²) in [6.45, 7) is 4.44. The van der Waals surface area contributed by atoms with E-state index >= 15 is 0 Å². The SMILES string of the molecule is Cc1ccc(S(=O)(=O)Nc2ccn(C3CCOCC3)n2)c(C)c1C(=O)O. The summed E-state index contributed by atoms with van der Waals surface area (Å²) >= 11 is 0. The molecule has 0 unspecified atom stereocenters. The predicted molar refractivity (Wildman–Crippen MR) is 95.0 cm³/mol. The van der Waals surface area contributed by atoms with Crippen LogP contribution in [0.2, 0.25) is 0 Å². The summed E-state index contributed by atoms with van der Waals surface area (Å²) in [5.74, 6) is -0.950. The second-order valence-corrected chi connectivity index (χ2v) is 7.97. The molecular weight excluding hydrogens is 358 g/mol. The van der Waals surface area contributed by atoms with Gasteiger partial charge in [-0.25, -0.2) is 13.2 Å². The summed E-state index contributed by atoms with van der Waals surface area (Å²) in [6.07, 6.45) is 3.39. The summed E-state index contributed by atoms with van der Waals surface area (Å²) in [5.41, 5.74) is 0.715. The lowest BCUT2D eigenvalue weighted by atomic mass is 10.0. The first-order valence-electron chi connectivity index (χ1n) is 8.29. The van der Waals surface area contributed by atoms with Gasteiger partial charge in [0.1, 0.15) is 0 Å². The first-order valence-corrected chi connectivity index (χ1v) is 9.77. The van der Waals surface area contributed by atoms with E-state index in [4.69, 9.17) is 4.74 Å². The Labute approximate surface area is 151 Å². The second kappa shape index (κ2) is 7.08. The first-order chi connectivity index (χ1) is 12.3. The molecule has 1 aromatic heterocycles. The first kappa shape index (κ1) is 18.4. The molecule has 0 atom stereocenters. The molecular formula is C17H21N3O5S. The molecule has 2 N–H and O–H groups in total. The highest BCUT2D eigenvalue weighted by atomic mass is 32.2. The number of aromatic carboxylic acids is 1. The van der Waals surface area contributed by atoms with Crippen LogP contribution in [0.15, 0.2) is 29.3 Å². The van der Waals surface area contributed by atoms with Crippen LogP contribution in [0.25, 0.3) is 0 Å². The third-order valence-corrected chi connectivity index (χ3v) is 6.04. The van der Waals surface area contributed by atoms with Crippen LogP contribution in [0, 0.1) is 13.8 Å². The van der Waals surface area contributed by atoms with Crippen molar-refractivity contribution in [2.45, 2.75) is 37.6 Å². The van der Waals surface area contributed by atoms with E-state index in [0.29, 0.717) is 18.8 Å². The number of hydrogen-bond donors (Lipinski definition) is 2. The van der Waals surface area contributed by atoms with E-state index in [1.54, 1.807) is 23.9 Å². The topological polar surface area (TPSA) is 111 Å². The lowest BCUT2D eigenvalue weighted by Gasteiger charge is -2.22. The van der Waals surface area contributed by atoms with Crippen LogP contribution in [0.3, 0.4) is 0 Å². The Kier molecular flexibility index (Phi) is 5.01. The van der Waals surface area contributed by atoms with Crippen LogP contribution in [0.1, 0.15) is 40.4 Å².